The Labute approximate surface area is 91.4 Å². The highest BCUT2D eigenvalue weighted by molar-refractivity contribution is 7.80. The van der Waals surface area contributed by atoms with Crippen LogP contribution in [0.2, 0.25) is 0 Å². The molecule has 2 N–H and O–H groups in total. The van der Waals surface area contributed by atoms with Crippen LogP contribution in [0.5, 0.6) is 0 Å². The van der Waals surface area contributed by atoms with Crippen molar-refractivity contribution < 1.29 is 0 Å². The molecule has 0 aliphatic carbocycles. The summed E-state index contributed by atoms with van der Waals surface area (Å²) >= 11 is 6.50. The van der Waals surface area contributed by atoms with Crippen LogP contribution in [0.1, 0.15) is 10.4 Å². The molecule has 0 atom stereocenters. The van der Waals surface area contributed by atoms with Gasteiger partial charge in [-0.1, -0.05) is 6.07 Å². The third-order valence-corrected chi connectivity index (χ3v) is 2.89. The Morgan fingerprint density at radius 2 is 2.36 bits per heavy atom. The van der Waals surface area contributed by atoms with Gasteiger partial charge < -0.3 is 5.73 Å². The maximum Gasteiger partial charge on any atom is 0.221 e. The predicted molar refractivity (Wildman–Crippen MR) is 59.4 cm³/mol. The molecule has 2 aromatic rings. The first-order valence-electron chi connectivity index (χ1n) is 4.06. The molecule has 0 amide bonds. The summed E-state index contributed by atoms with van der Waals surface area (Å²) in [4.78, 5) is 9.14. The third kappa shape index (κ3) is 2.00. The molecular weight excluding hydrogens is 214 g/mol. The molecule has 0 fully saturated rings. The molecule has 5 heteroatoms. The van der Waals surface area contributed by atoms with Gasteiger partial charge >= 0.3 is 0 Å². The monoisotopic (exact) mass is 222 g/mol. The predicted octanol–water partition coefficient (Wildman–Crippen LogP) is 2.27. The number of anilines is 1. The SMILES string of the molecule is Nc1nc([S])ncc1Cc1cccs1. The van der Waals surface area contributed by atoms with E-state index in [-0.39, 0.29) is 0 Å². The molecule has 2 heterocycles. The summed E-state index contributed by atoms with van der Waals surface area (Å²) in [5.74, 6) is 0.485. The fourth-order valence-electron chi connectivity index (χ4n) is 1.14. The van der Waals surface area contributed by atoms with Gasteiger partial charge in [-0.3, -0.25) is 0 Å². The van der Waals surface area contributed by atoms with Crippen molar-refractivity contribution in [3.63, 3.8) is 0 Å². The zero-order chi connectivity index (χ0) is 9.97. The lowest BCUT2D eigenvalue weighted by atomic mass is 10.2. The average Bonchev–Trinajstić information content (AvgIpc) is 2.62. The first kappa shape index (κ1) is 9.36. The average molecular weight is 222 g/mol. The van der Waals surface area contributed by atoms with E-state index < -0.39 is 0 Å². The van der Waals surface area contributed by atoms with Gasteiger partial charge in [0.1, 0.15) is 5.82 Å². The normalized spacial score (nSPS) is 10.3. The van der Waals surface area contributed by atoms with Crippen LogP contribution in [-0.2, 0) is 6.42 Å². The molecule has 71 valence electrons. The second-order valence-electron chi connectivity index (χ2n) is 2.82. The van der Waals surface area contributed by atoms with Crippen LogP contribution in [0.15, 0.2) is 28.9 Å². The van der Waals surface area contributed by atoms with Crippen molar-refractivity contribution in [2.45, 2.75) is 11.6 Å². The molecule has 14 heavy (non-hydrogen) atoms. The van der Waals surface area contributed by atoms with E-state index in [2.05, 4.69) is 16.0 Å². The first-order valence-corrected chi connectivity index (χ1v) is 5.35. The number of thiophene rings is 1. The highest BCUT2D eigenvalue weighted by Crippen LogP contribution is 2.17. The van der Waals surface area contributed by atoms with Gasteiger partial charge in [-0.25, -0.2) is 9.97 Å². The summed E-state index contributed by atoms with van der Waals surface area (Å²) in [5.41, 5.74) is 6.66. The number of nitrogens with zero attached hydrogens (tertiary/aromatic N) is 2. The van der Waals surface area contributed by atoms with Gasteiger partial charge in [0.25, 0.3) is 0 Å². The van der Waals surface area contributed by atoms with E-state index in [1.54, 1.807) is 17.5 Å². The quantitative estimate of drug-likeness (QED) is 0.793. The van der Waals surface area contributed by atoms with Crippen molar-refractivity contribution in [3.8, 4) is 0 Å². The van der Waals surface area contributed by atoms with Crippen LogP contribution in [0, 0.1) is 0 Å². The summed E-state index contributed by atoms with van der Waals surface area (Å²) < 4.78 is 0. The number of nitrogen functional groups attached to an aromatic ring is 1. The molecule has 0 saturated heterocycles. The Balaban J connectivity index is 2.25. The lowest BCUT2D eigenvalue weighted by Gasteiger charge is -2.01. The number of nitrogens with two attached hydrogens (primary N) is 1. The van der Waals surface area contributed by atoms with Gasteiger partial charge in [-0.2, -0.15) is 0 Å². The minimum Gasteiger partial charge on any atom is -0.383 e. The Morgan fingerprint density at radius 3 is 3.00 bits per heavy atom. The molecular formula is C9H8N3S2. The zero-order valence-corrected chi connectivity index (χ0v) is 8.94. The number of hydrogen-bond donors (Lipinski definition) is 1. The van der Waals surface area contributed by atoms with Crippen LogP contribution in [-0.4, -0.2) is 9.97 Å². The molecule has 0 aromatic carbocycles. The Kier molecular flexibility index (Phi) is 2.60. The van der Waals surface area contributed by atoms with E-state index in [1.807, 2.05) is 11.4 Å². The lowest BCUT2D eigenvalue weighted by molar-refractivity contribution is 0.953. The zero-order valence-electron chi connectivity index (χ0n) is 7.30. The van der Waals surface area contributed by atoms with E-state index in [0.717, 1.165) is 12.0 Å². The van der Waals surface area contributed by atoms with Crippen LogP contribution < -0.4 is 5.73 Å². The molecule has 0 bridgehead atoms. The highest BCUT2D eigenvalue weighted by Gasteiger charge is 2.04. The number of rotatable bonds is 2. The van der Waals surface area contributed by atoms with E-state index in [1.165, 1.54) is 4.88 Å². The third-order valence-electron chi connectivity index (χ3n) is 1.82. The van der Waals surface area contributed by atoms with Crippen molar-refractivity contribution in [1.82, 2.24) is 9.97 Å². The molecule has 2 aromatic heterocycles. The molecule has 0 saturated carbocycles. The molecule has 0 aliphatic heterocycles. The fourth-order valence-corrected chi connectivity index (χ4v) is 2.02. The summed E-state index contributed by atoms with van der Waals surface area (Å²) in [6.07, 6.45) is 2.48. The van der Waals surface area contributed by atoms with Gasteiger partial charge in [-0.05, 0) is 24.1 Å². The summed E-state index contributed by atoms with van der Waals surface area (Å²) in [7, 11) is 0. The van der Waals surface area contributed by atoms with Crippen molar-refractivity contribution in [1.29, 1.82) is 0 Å². The van der Waals surface area contributed by atoms with Gasteiger partial charge in [0.2, 0.25) is 5.16 Å². The van der Waals surface area contributed by atoms with Crippen molar-refractivity contribution in [2.75, 3.05) is 5.73 Å². The van der Waals surface area contributed by atoms with Crippen molar-refractivity contribution in [3.05, 3.63) is 34.2 Å². The minimum atomic E-state index is 0.303. The van der Waals surface area contributed by atoms with Crippen molar-refractivity contribution in [2.24, 2.45) is 0 Å². The summed E-state index contributed by atoms with van der Waals surface area (Å²) in [6, 6.07) is 4.07. The number of aromatic nitrogens is 2. The molecule has 3 nitrogen and oxygen atoms in total. The Hall–Kier alpha value is -1.20. The summed E-state index contributed by atoms with van der Waals surface area (Å²) in [6.45, 7) is 0. The highest BCUT2D eigenvalue weighted by atomic mass is 32.1. The fraction of sp³-hybridized carbons (Fsp3) is 0.111. The van der Waals surface area contributed by atoms with Gasteiger partial charge in [0.05, 0.1) is 0 Å². The second-order valence-corrected chi connectivity index (χ2v) is 4.22. The van der Waals surface area contributed by atoms with Crippen LogP contribution in [0.4, 0.5) is 5.82 Å². The Morgan fingerprint density at radius 1 is 1.50 bits per heavy atom. The summed E-state index contributed by atoms with van der Waals surface area (Å²) in [5, 5.41) is 2.34. The molecule has 2 rings (SSSR count). The van der Waals surface area contributed by atoms with Gasteiger partial charge in [0.15, 0.2) is 0 Å². The van der Waals surface area contributed by atoms with Crippen molar-refractivity contribution >= 4 is 29.8 Å². The van der Waals surface area contributed by atoms with Gasteiger partial charge in [-0.15, -0.1) is 11.3 Å². The molecule has 1 radical (unpaired) electrons. The second kappa shape index (κ2) is 3.89. The molecule has 0 spiro atoms. The first-order chi connectivity index (χ1) is 6.75. The lowest BCUT2D eigenvalue weighted by Crippen LogP contribution is -2.00. The minimum absolute atomic E-state index is 0.303. The maximum atomic E-state index is 5.72. The molecule has 0 unspecified atom stereocenters. The molecule has 0 aliphatic rings. The van der Waals surface area contributed by atoms with E-state index in [9.17, 15) is 0 Å². The maximum absolute atomic E-state index is 5.72. The van der Waals surface area contributed by atoms with E-state index >= 15 is 0 Å². The van der Waals surface area contributed by atoms with E-state index in [4.69, 9.17) is 18.4 Å². The standard InChI is InChI=1S/C9H8N3S2/c10-8-6(5-11-9(13)12-8)4-7-2-1-3-14-7/h1-3,5H,4H2,(H2,10,11,12). The largest absolute Gasteiger partial charge is 0.383 e. The van der Waals surface area contributed by atoms with Gasteiger partial charge in [0, 0.05) is 23.1 Å². The van der Waals surface area contributed by atoms with Crippen LogP contribution in [0.3, 0.4) is 0 Å². The van der Waals surface area contributed by atoms with Crippen LogP contribution >= 0.6 is 24.0 Å². The van der Waals surface area contributed by atoms with E-state index in [0.29, 0.717) is 11.0 Å². The Bertz CT molecular complexity index is 426. The smallest absolute Gasteiger partial charge is 0.221 e. The van der Waals surface area contributed by atoms with Crippen LogP contribution in [0.25, 0.3) is 0 Å². The topological polar surface area (TPSA) is 51.8 Å². The number of hydrogen-bond acceptors (Lipinski definition) is 4.